The van der Waals surface area contributed by atoms with Crippen LogP contribution in [0.1, 0.15) is 38.7 Å². The Kier molecular flexibility index (Phi) is 3.21. The van der Waals surface area contributed by atoms with Crippen molar-refractivity contribution >= 4 is 23.2 Å². The number of anilines is 1. The number of hydrogen-bond acceptors (Lipinski definition) is 1. The molecule has 21 heavy (non-hydrogen) atoms. The molecule has 2 saturated carbocycles. The quantitative estimate of drug-likeness (QED) is 0.768. The Bertz CT molecular complexity index is 634. The monoisotopic (exact) mass is 303 g/mol. The summed E-state index contributed by atoms with van der Waals surface area (Å²) in [5.74, 6) is 0.669. The van der Waals surface area contributed by atoms with Gasteiger partial charge in [0.15, 0.2) is 0 Å². The molecule has 2 atom stereocenters. The number of fused-ring (bicyclic) bond motifs is 2. The third kappa shape index (κ3) is 1.96. The predicted octanol–water partition coefficient (Wildman–Crippen LogP) is 4.97. The topological polar surface area (TPSA) is 29.1 Å². The Morgan fingerprint density at radius 3 is 2.76 bits per heavy atom. The molecule has 0 heterocycles. The first-order valence-corrected chi connectivity index (χ1v) is 7.93. The summed E-state index contributed by atoms with van der Waals surface area (Å²) in [7, 11) is 0. The number of benzene rings is 1. The van der Waals surface area contributed by atoms with Crippen molar-refractivity contribution in [2.24, 2.45) is 16.7 Å². The summed E-state index contributed by atoms with van der Waals surface area (Å²) >= 11 is 6.14. The third-order valence-electron chi connectivity index (χ3n) is 5.84. The van der Waals surface area contributed by atoms with E-state index in [4.69, 9.17) is 11.6 Å². The largest absolute Gasteiger partial charge is 0.325 e. The molecule has 2 nitrogen and oxygen atoms in total. The number of rotatable bonds is 2. The molecule has 0 aliphatic heterocycles. The number of nitrogens with one attached hydrogen (secondary N) is 1. The van der Waals surface area contributed by atoms with E-state index in [1.807, 2.05) is 25.1 Å². The standard InChI is InChI=1S/C18H22ClNO/c1-11-14(19)6-5-7-15(11)20-16(21)18-9-8-13(10-18)17(3,4)12(18)2/h5-7,13H,2,8-10H2,1,3-4H3,(H,20,21)/t13-,18+/m0/s1. The molecule has 2 bridgehead atoms. The van der Waals surface area contributed by atoms with Crippen LogP contribution in [0.25, 0.3) is 0 Å². The van der Waals surface area contributed by atoms with Gasteiger partial charge in [0.25, 0.3) is 0 Å². The molecule has 1 amide bonds. The van der Waals surface area contributed by atoms with E-state index in [-0.39, 0.29) is 16.7 Å². The van der Waals surface area contributed by atoms with Gasteiger partial charge in [-0.1, -0.05) is 43.7 Å². The van der Waals surface area contributed by atoms with E-state index in [1.165, 1.54) is 0 Å². The van der Waals surface area contributed by atoms with Crippen molar-refractivity contribution in [2.75, 3.05) is 5.32 Å². The lowest BCUT2D eigenvalue weighted by molar-refractivity contribution is -0.123. The van der Waals surface area contributed by atoms with Gasteiger partial charge in [0.05, 0.1) is 5.41 Å². The van der Waals surface area contributed by atoms with Crippen LogP contribution < -0.4 is 5.32 Å². The van der Waals surface area contributed by atoms with Crippen molar-refractivity contribution in [3.63, 3.8) is 0 Å². The molecule has 0 unspecified atom stereocenters. The lowest BCUT2D eigenvalue weighted by Gasteiger charge is -2.37. The molecule has 2 fully saturated rings. The molecule has 0 saturated heterocycles. The SMILES string of the molecule is C=C1C(C)(C)[C@H]2CC[C@@]1(C(=O)Nc1cccc(Cl)c1C)C2. The molecule has 2 aliphatic carbocycles. The second kappa shape index (κ2) is 4.61. The lowest BCUT2D eigenvalue weighted by Crippen LogP contribution is -2.37. The maximum absolute atomic E-state index is 12.9. The van der Waals surface area contributed by atoms with Crippen molar-refractivity contribution < 1.29 is 4.79 Å². The first-order chi connectivity index (χ1) is 9.79. The third-order valence-corrected chi connectivity index (χ3v) is 6.25. The van der Waals surface area contributed by atoms with Crippen LogP contribution in [-0.4, -0.2) is 5.91 Å². The average molecular weight is 304 g/mol. The lowest BCUT2D eigenvalue weighted by atomic mass is 9.68. The van der Waals surface area contributed by atoms with Crippen LogP contribution in [-0.2, 0) is 4.79 Å². The fourth-order valence-corrected chi connectivity index (χ4v) is 4.30. The minimum atomic E-state index is -0.386. The molecule has 1 N–H and O–H groups in total. The van der Waals surface area contributed by atoms with Gasteiger partial charge in [-0.2, -0.15) is 0 Å². The summed E-state index contributed by atoms with van der Waals surface area (Å²) in [6, 6.07) is 5.62. The van der Waals surface area contributed by atoms with Crippen molar-refractivity contribution in [1.82, 2.24) is 0 Å². The highest BCUT2D eigenvalue weighted by molar-refractivity contribution is 6.31. The van der Waals surface area contributed by atoms with Crippen molar-refractivity contribution in [1.29, 1.82) is 0 Å². The molecule has 1 aromatic rings. The Balaban J connectivity index is 1.90. The number of carbonyl (C=O) groups excluding carboxylic acids is 1. The van der Waals surface area contributed by atoms with Gasteiger partial charge in [-0.05, 0) is 55.2 Å². The minimum absolute atomic E-state index is 0.0684. The van der Waals surface area contributed by atoms with E-state index in [0.29, 0.717) is 10.9 Å². The van der Waals surface area contributed by atoms with Gasteiger partial charge < -0.3 is 5.32 Å². The highest BCUT2D eigenvalue weighted by Gasteiger charge is 2.60. The van der Waals surface area contributed by atoms with E-state index < -0.39 is 0 Å². The molecular formula is C18H22ClNO. The highest BCUT2D eigenvalue weighted by Crippen LogP contribution is 2.65. The summed E-state index contributed by atoms with van der Waals surface area (Å²) in [5.41, 5.74) is 2.51. The van der Waals surface area contributed by atoms with Crippen LogP contribution in [0.3, 0.4) is 0 Å². The summed E-state index contributed by atoms with van der Waals surface area (Å²) in [5, 5.41) is 3.78. The molecule has 0 aromatic heterocycles. The minimum Gasteiger partial charge on any atom is -0.325 e. The second-order valence-corrected chi connectivity index (χ2v) is 7.50. The van der Waals surface area contributed by atoms with Gasteiger partial charge in [-0.3, -0.25) is 4.79 Å². The molecule has 2 aliphatic rings. The number of hydrogen-bond donors (Lipinski definition) is 1. The Hall–Kier alpha value is -1.28. The number of halogens is 1. The Morgan fingerprint density at radius 1 is 1.43 bits per heavy atom. The zero-order valence-corrected chi connectivity index (χ0v) is 13.7. The smallest absolute Gasteiger partial charge is 0.234 e. The van der Waals surface area contributed by atoms with Crippen LogP contribution in [0, 0.1) is 23.7 Å². The van der Waals surface area contributed by atoms with Crippen molar-refractivity contribution in [3.05, 3.63) is 40.9 Å². The molecule has 112 valence electrons. The molecule has 1 aromatic carbocycles. The Labute approximate surface area is 131 Å². The van der Waals surface area contributed by atoms with Crippen molar-refractivity contribution in [2.45, 2.75) is 40.0 Å². The average Bonchev–Trinajstić information content (AvgIpc) is 2.96. The van der Waals surface area contributed by atoms with Gasteiger partial charge >= 0.3 is 0 Å². The van der Waals surface area contributed by atoms with Gasteiger partial charge in [-0.25, -0.2) is 0 Å². The van der Waals surface area contributed by atoms with E-state index >= 15 is 0 Å². The first kappa shape index (κ1) is 14.6. The number of amides is 1. The van der Waals surface area contributed by atoms with E-state index in [1.54, 1.807) is 0 Å². The zero-order chi connectivity index (χ0) is 15.4. The van der Waals surface area contributed by atoms with Crippen LogP contribution in [0.5, 0.6) is 0 Å². The van der Waals surface area contributed by atoms with Gasteiger partial charge in [0, 0.05) is 10.7 Å². The zero-order valence-electron chi connectivity index (χ0n) is 12.9. The van der Waals surface area contributed by atoms with Crippen LogP contribution in [0.4, 0.5) is 5.69 Å². The maximum atomic E-state index is 12.9. The molecular weight excluding hydrogens is 282 g/mol. The summed E-state index contributed by atoms with van der Waals surface area (Å²) in [6.45, 7) is 10.7. The molecule has 0 radical (unpaired) electrons. The fourth-order valence-electron chi connectivity index (χ4n) is 4.13. The van der Waals surface area contributed by atoms with Crippen LogP contribution in [0.15, 0.2) is 30.4 Å². The Morgan fingerprint density at radius 2 is 2.14 bits per heavy atom. The summed E-state index contributed by atoms with van der Waals surface area (Å²) < 4.78 is 0. The molecule has 3 heteroatoms. The molecule has 3 rings (SSSR count). The summed E-state index contributed by atoms with van der Waals surface area (Å²) in [4.78, 5) is 12.9. The first-order valence-electron chi connectivity index (χ1n) is 7.55. The van der Waals surface area contributed by atoms with Gasteiger partial charge in [0.1, 0.15) is 0 Å². The van der Waals surface area contributed by atoms with Crippen molar-refractivity contribution in [3.8, 4) is 0 Å². The second-order valence-electron chi connectivity index (χ2n) is 7.09. The maximum Gasteiger partial charge on any atom is 0.234 e. The summed E-state index contributed by atoms with van der Waals surface area (Å²) in [6.07, 6.45) is 2.98. The van der Waals surface area contributed by atoms with Crippen LogP contribution in [0.2, 0.25) is 5.02 Å². The predicted molar refractivity (Wildman–Crippen MR) is 87.5 cm³/mol. The highest BCUT2D eigenvalue weighted by atomic mass is 35.5. The van der Waals surface area contributed by atoms with Crippen LogP contribution >= 0.6 is 11.6 Å². The van der Waals surface area contributed by atoms with E-state index in [0.717, 1.165) is 36.1 Å². The normalized spacial score (nSPS) is 29.7. The van der Waals surface area contributed by atoms with E-state index in [9.17, 15) is 4.79 Å². The van der Waals surface area contributed by atoms with Gasteiger partial charge in [-0.15, -0.1) is 0 Å². The fraction of sp³-hybridized carbons (Fsp3) is 0.500. The van der Waals surface area contributed by atoms with Gasteiger partial charge in [0.2, 0.25) is 5.91 Å². The van der Waals surface area contributed by atoms with E-state index in [2.05, 4.69) is 25.7 Å². The molecule has 0 spiro atoms. The number of carbonyl (C=O) groups is 1.